The molecule has 7 heteroatoms. The quantitative estimate of drug-likeness (QED) is 0.657. The van der Waals surface area contributed by atoms with Crippen LogP contribution >= 0.6 is 11.8 Å². The van der Waals surface area contributed by atoms with E-state index in [1.54, 1.807) is 6.92 Å². The highest BCUT2D eigenvalue weighted by molar-refractivity contribution is 8.14. The first-order valence-corrected chi connectivity index (χ1v) is 10.8. The Hall–Kier alpha value is -3.06. The van der Waals surface area contributed by atoms with Crippen LogP contribution < -0.4 is 16.4 Å². The molecule has 0 aromatic heterocycles. The number of primary amides is 1. The van der Waals surface area contributed by atoms with Gasteiger partial charge in [-0.1, -0.05) is 74.1 Å². The number of thioether (sulfide) groups is 1. The number of benzene rings is 2. The number of carbonyl (C=O) groups is 2. The molecular formula is C23H26N4O2S. The van der Waals surface area contributed by atoms with Gasteiger partial charge in [0, 0.05) is 11.4 Å². The predicted octanol–water partition coefficient (Wildman–Crippen LogP) is 3.94. The summed E-state index contributed by atoms with van der Waals surface area (Å²) in [6.07, 6.45) is 0. The molecule has 156 valence electrons. The summed E-state index contributed by atoms with van der Waals surface area (Å²) in [5.74, 6) is -0.120. The Bertz CT molecular complexity index is 999. The number of nitrogens with one attached hydrogen (secondary N) is 2. The Labute approximate surface area is 181 Å². The minimum atomic E-state index is -0.510. The Balaban J connectivity index is 1.72. The molecule has 1 heterocycles. The molecule has 3 rings (SSSR count). The maximum Gasteiger partial charge on any atom is 0.248 e. The summed E-state index contributed by atoms with van der Waals surface area (Å²) < 4.78 is 0. The highest BCUT2D eigenvalue weighted by atomic mass is 32.2. The summed E-state index contributed by atoms with van der Waals surface area (Å²) >= 11 is 1.30. The van der Waals surface area contributed by atoms with Crippen LogP contribution in [-0.4, -0.2) is 22.7 Å². The monoisotopic (exact) mass is 422 g/mol. The predicted molar refractivity (Wildman–Crippen MR) is 123 cm³/mol. The molecule has 1 aliphatic heterocycles. The lowest BCUT2D eigenvalue weighted by Crippen LogP contribution is -2.33. The number of hydrogen-bond acceptors (Lipinski definition) is 5. The van der Waals surface area contributed by atoms with Gasteiger partial charge in [0.15, 0.2) is 5.17 Å². The Morgan fingerprint density at radius 2 is 1.80 bits per heavy atom. The Kier molecular flexibility index (Phi) is 6.95. The maximum atomic E-state index is 12.5. The number of nitrogens with zero attached hydrogens (tertiary/aromatic N) is 1. The summed E-state index contributed by atoms with van der Waals surface area (Å²) in [4.78, 5) is 29.2. The van der Waals surface area contributed by atoms with Crippen LogP contribution in [0, 0.1) is 0 Å². The van der Waals surface area contributed by atoms with Crippen molar-refractivity contribution >= 4 is 34.4 Å². The molecule has 0 bridgehead atoms. The summed E-state index contributed by atoms with van der Waals surface area (Å²) in [6.45, 7) is 5.98. The number of nitrogens with two attached hydrogens (primary N) is 1. The van der Waals surface area contributed by atoms with E-state index < -0.39 is 11.9 Å². The molecule has 2 aromatic rings. The number of amides is 2. The SMILES string of the molecule is CC1=C(C(N)=O)[C@@H](c2ccccc2)N=C(SCC(=O)Nc2ccccc2C(C)C)N1. The topological polar surface area (TPSA) is 96.6 Å². The van der Waals surface area contributed by atoms with Crippen LogP contribution in [0.3, 0.4) is 0 Å². The highest BCUT2D eigenvalue weighted by Gasteiger charge is 2.28. The normalized spacial score (nSPS) is 16.1. The average Bonchev–Trinajstić information content (AvgIpc) is 2.72. The van der Waals surface area contributed by atoms with Gasteiger partial charge in [-0.3, -0.25) is 9.59 Å². The van der Waals surface area contributed by atoms with Gasteiger partial charge in [0.25, 0.3) is 0 Å². The lowest BCUT2D eigenvalue weighted by Gasteiger charge is -2.25. The van der Waals surface area contributed by atoms with Crippen molar-refractivity contribution in [1.29, 1.82) is 0 Å². The van der Waals surface area contributed by atoms with Crippen molar-refractivity contribution in [3.05, 3.63) is 77.0 Å². The van der Waals surface area contributed by atoms with Crippen LogP contribution in [0.25, 0.3) is 0 Å². The fourth-order valence-electron chi connectivity index (χ4n) is 3.35. The summed E-state index contributed by atoms with van der Waals surface area (Å²) in [6, 6.07) is 16.8. The lowest BCUT2D eigenvalue weighted by atomic mass is 9.96. The number of para-hydroxylation sites is 1. The molecule has 0 spiro atoms. The number of hydrogen-bond donors (Lipinski definition) is 3. The van der Waals surface area contributed by atoms with E-state index >= 15 is 0 Å². The van der Waals surface area contributed by atoms with E-state index in [1.165, 1.54) is 11.8 Å². The van der Waals surface area contributed by atoms with Crippen molar-refractivity contribution in [2.45, 2.75) is 32.7 Å². The minimum Gasteiger partial charge on any atom is -0.366 e. The van der Waals surface area contributed by atoms with Crippen molar-refractivity contribution in [2.24, 2.45) is 10.7 Å². The fourth-order valence-corrected chi connectivity index (χ4v) is 4.10. The van der Waals surface area contributed by atoms with Gasteiger partial charge in [-0.05, 0) is 30.0 Å². The zero-order chi connectivity index (χ0) is 21.7. The van der Waals surface area contributed by atoms with Crippen molar-refractivity contribution in [2.75, 3.05) is 11.1 Å². The molecule has 0 radical (unpaired) electrons. The van der Waals surface area contributed by atoms with E-state index in [-0.39, 0.29) is 11.7 Å². The van der Waals surface area contributed by atoms with Crippen LogP contribution in [0.1, 0.15) is 43.9 Å². The van der Waals surface area contributed by atoms with Crippen molar-refractivity contribution in [3.63, 3.8) is 0 Å². The number of allylic oxidation sites excluding steroid dienone is 1. The van der Waals surface area contributed by atoms with Gasteiger partial charge < -0.3 is 16.4 Å². The summed E-state index contributed by atoms with van der Waals surface area (Å²) in [7, 11) is 0. The zero-order valence-corrected chi connectivity index (χ0v) is 18.1. The largest absolute Gasteiger partial charge is 0.366 e. The van der Waals surface area contributed by atoms with Crippen molar-refractivity contribution < 1.29 is 9.59 Å². The molecule has 4 N–H and O–H groups in total. The van der Waals surface area contributed by atoms with Gasteiger partial charge in [0.2, 0.25) is 11.8 Å². The van der Waals surface area contributed by atoms with Gasteiger partial charge in [-0.2, -0.15) is 0 Å². The van der Waals surface area contributed by atoms with Gasteiger partial charge in [-0.15, -0.1) is 0 Å². The molecule has 0 fully saturated rings. The second-order valence-corrected chi connectivity index (χ2v) is 8.32. The number of aliphatic imine (C=N–C) groups is 1. The lowest BCUT2D eigenvalue weighted by molar-refractivity contribution is -0.115. The average molecular weight is 423 g/mol. The molecule has 0 saturated heterocycles. The molecule has 6 nitrogen and oxygen atoms in total. The van der Waals surface area contributed by atoms with Gasteiger partial charge in [-0.25, -0.2) is 4.99 Å². The van der Waals surface area contributed by atoms with E-state index in [0.717, 1.165) is 16.8 Å². The first-order valence-electron chi connectivity index (χ1n) is 9.78. The van der Waals surface area contributed by atoms with Gasteiger partial charge in [0.1, 0.15) is 6.04 Å². The van der Waals surface area contributed by atoms with E-state index in [9.17, 15) is 9.59 Å². The smallest absolute Gasteiger partial charge is 0.248 e. The highest BCUT2D eigenvalue weighted by Crippen LogP contribution is 2.32. The van der Waals surface area contributed by atoms with Crippen molar-refractivity contribution in [3.8, 4) is 0 Å². The van der Waals surface area contributed by atoms with E-state index in [2.05, 4.69) is 29.5 Å². The van der Waals surface area contributed by atoms with Crippen LogP contribution in [0.4, 0.5) is 5.69 Å². The first-order chi connectivity index (χ1) is 14.4. The van der Waals surface area contributed by atoms with Gasteiger partial charge >= 0.3 is 0 Å². The van der Waals surface area contributed by atoms with Crippen LogP contribution in [-0.2, 0) is 9.59 Å². The molecule has 2 aromatic carbocycles. The van der Waals surface area contributed by atoms with Crippen LogP contribution in [0.5, 0.6) is 0 Å². The van der Waals surface area contributed by atoms with Crippen LogP contribution in [0.2, 0.25) is 0 Å². The molecule has 0 aliphatic carbocycles. The summed E-state index contributed by atoms with van der Waals surface area (Å²) in [5.41, 5.74) is 9.48. The van der Waals surface area contributed by atoms with Crippen LogP contribution in [0.15, 0.2) is 70.9 Å². The second-order valence-electron chi connectivity index (χ2n) is 7.35. The molecule has 1 atom stereocenters. The zero-order valence-electron chi connectivity index (χ0n) is 17.3. The van der Waals surface area contributed by atoms with E-state index in [0.29, 0.717) is 22.4 Å². The first kappa shape index (κ1) is 21.6. The third kappa shape index (κ3) is 5.10. The summed E-state index contributed by atoms with van der Waals surface area (Å²) in [5, 5.41) is 6.67. The number of rotatable bonds is 6. The van der Waals surface area contributed by atoms with Gasteiger partial charge in [0.05, 0.1) is 11.3 Å². The minimum absolute atomic E-state index is 0.115. The number of amidine groups is 1. The second kappa shape index (κ2) is 9.63. The molecule has 0 unspecified atom stereocenters. The Morgan fingerprint density at radius 3 is 2.47 bits per heavy atom. The molecule has 30 heavy (non-hydrogen) atoms. The standard InChI is InChI=1S/C23H26N4O2S/c1-14(2)17-11-7-8-12-18(17)26-19(28)13-30-23-25-15(3)20(22(24)29)21(27-23)16-9-5-4-6-10-16/h4-12,14,21H,13H2,1-3H3,(H2,24,29)(H,25,27)(H,26,28)/t21-/m1/s1. The molecule has 1 aliphatic rings. The molecule has 0 saturated carbocycles. The molecule has 2 amide bonds. The number of anilines is 1. The third-order valence-electron chi connectivity index (χ3n) is 4.80. The Morgan fingerprint density at radius 1 is 1.13 bits per heavy atom. The van der Waals surface area contributed by atoms with Crippen molar-refractivity contribution in [1.82, 2.24) is 5.32 Å². The van der Waals surface area contributed by atoms with E-state index in [4.69, 9.17) is 5.73 Å². The third-order valence-corrected chi connectivity index (χ3v) is 5.68. The fraction of sp³-hybridized carbons (Fsp3) is 0.261. The van der Waals surface area contributed by atoms with E-state index in [1.807, 2.05) is 54.6 Å². The molecular weight excluding hydrogens is 396 g/mol. The maximum absolute atomic E-state index is 12.5. The number of carbonyl (C=O) groups excluding carboxylic acids is 2.